The fourth-order valence-electron chi connectivity index (χ4n) is 4.59. The fraction of sp³-hybridized carbons (Fsp3) is 0.296. The Kier molecular flexibility index (Phi) is 6.62. The van der Waals surface area contributed by atoms with E-state index in [9.17, 15) is 14.4 Å². The van der Waals surface area contributed by atoms with Crippen molar-refractivity contribution in [3.63, 3.8) is 0 Å². The second-order valence-electron chi connectivity index (χ2n) is 8.87. The van der Waals surface area contributed by atoms with Gasteiger partial charge in [-0.1, -0.05) is 25.1 Å². The number of carbonyl (C=O) groups excluding carboxylic acids is 1. The number of benzene rings is 2. The number of aromatic nitrogens is 3. The molecule has 1 fully saturated rings. The first-order valence-corrected chi connectivity index (χ1v) is 12.2. The van der Waals surface area contributed by atoms with Crippen molar-refractivity contribution >= 4 is 22.6 Å². The fourth-order valence-corrected chi connectivity index (χ4v) is 4.59. The van der Waals surface area contributed by atoms with E-state index in [1.165, 1.54) is 5.69 Å². The molecule has 0 radical (unpaired) electrons. The number of H-pyrrole nitrogens is 2. The summed E-state index contributed by atoms with van der Waals surface area (Å²) >= 11 is 0. The van der Waals surface area contributed by atoms with Gasteiger partial charge in [0.15, 0.2) is 6.61 Å². The van der Waals surface area contributed by atoms with Crippen LogP contribution < -0.4 is 20.9 Å². The highest BCUT2D eigenvalue weighted by Gasteiger charge is 2.21. The third-order valence-corrected chi connectivity index (χ3v) is 6.51. The first kappa shape index (κ1) is 23.5. The molecular weight excluding hydrogens is 458 g/mol. The number of rotatable bonds is 7. The van der Waals surface area contributed by atoms with Gasteiger partial charge in [0, 0.05) is 44.1 Å². The second-order valence-corrected chi connectivity index (χ2v) is 8.87. The van der Waals surface area contributed by atoms with Gasteiger partial charge < -0.3 is 19.5 Å². The third-order valence-electron chi connectivity index (χ3n) is 6.51. The maximum absolute atomic E-state index is 12.7. The van der Waals surface area contributed by atoms with Gasteiger partial charge in [-0.05, 0) is 54.4 Å². The summed E-state index contributed by atoms with van der Waals surface area (Å²) in [6.07, 6.45) is 0.773. The summed E-state index contributed by atoms with van der Waals surface area (Å²) in [5, 5.41) is 0. The van der Waals surface area contributed by atoms with Crippen molar-refractivity contribution in [1.29, 1.82) is 0 Å². The largest absolute Gasteiger partial charge is 0.484 e. The van der Waals surface area contributed by atoms with Crippen LogP contribution in [0.4, 0.5) is 5.69 Å². The van der Waals surface area contributed by atoms with Gasteiger partial charge in [0.1, 0.15) is 11.3 Å². The van der Waals surface area contributed by atoms with E-state index in [-0.39, 0.29) is 12.5 Å². The zero-order chi connectivity index (χ0) is 25.1. The molecule has 0 atom stereocenters. The summed E-state index contributed by atoms with van der Waals surface area (Å²) in [5.74, 6) is 0.558. The quantitative estimate of drug-likeness (QED) is 0.417. The first-order chi connectivity index (χ1) is 17.5. The molecule has 0 bridgehead atoms. The van der Waals surface area contributed by atoms with E-state index in [4.69, 9.17) is 4.74 Å². The van der Waals surface area contributed by atoms with Gasteiger partial charge in [0.25, 0.3) is 11.5 Å². The lowest BCUT2D eigenvalue weighted by atomic mass is 10.1. The highest BCUT2D eigenvalue weighted by atomic mass is 16.5. The summed E-state index contributed by atoms with van der Waals surface area (Å²) < 4.78 is 7.32. The van der Waals surface area contributed by atoms with Crippen LogP contribution in [0.1, 0.15) is 13.3 Å². The van der Waals surface area contributed by atoms with Crippen molar-refractivity contribution in [2.45, 2.75) is 19.9 Å². The molecule has 0 unspecified atom stereocenters. The van der Waals surface area contributed by atoms with Gasteiger partial charge in [-0.2, -0.15) is 0 Å². The minimum atomic E-state index is -0.434. The number of fused-ring (bicyclic) bond motifs is 1. The first-order valence-electron chi connectivity index (χ1n) is 12.2. The number of ether oxygens (including phenoxy) is 1. The molecular formula is C27H29N5O4. The predicted molar refractivity (Wildman–Crippen MR) is 140 cm³/mol. The number of hydrogen-bond acceptors (Lipinski definition) is 5. The van der Waals surface area contributed by atoms with Gasteiger partial charge in [0.05, 0.1) is 5.52 Å². The zero-order valence-corrected chi connectivity index (χ0v) is 20.2. The monoisotopic (exact) mass is 487 g/mol. The van der Waals surface area contributed by atoms with Crippen molar-refractivity contribution in [3.05, 3.63) is 81.5 Å². The number of aryl methyl sites for hydroxylation is 1. The number of hydrogen-bond donors (Lipinski definition) is 2. The van der Waals surface area contributed by atoms with Crippen LogP contribution in [-0.4, -0.2) is 58.1 Å². The summed E-state index contributed by atoms with van der Waals surface area (Å²) in [5.41, 5.74) is 2.86. The molecule has 9 heteroatoms. The molecule has 3 heterocycles. The molecule has 1 aliphatic heterocycles. The van der Waals surface area contributed by atoms with Crippen molar-refractivity contribution in [2.75, 3.05) is 37.7 Å². The minimum Gasteiger partial charge on any atom is -0.484 e. The zero-order valence-electron chi connectivity index (χ0n) is 20.2. The highest BCUT2D eigenvalue weighted by molar-refractivity contribution is 5.82. The van der Waals surface area contributed by atoms with Crippen LogP contribution >= 0.6 is 0 Å². The molecule has 36 heavy (non-hydrogen) atoms. The molecule has 186 valence electrons. The number of carbonyl (C=O) groups is 1. The Morgan fingerprint density at radius 3 is 2.36 bits per heavy atom. The average Bonchev–Trinajstić information content (AvgIpc) is 3.37. The maximum atomic E-state index is 12.7. The highest BCUT2D eigenvalue weighted by Crippen LogP contribution is 2.24. The Labute approximate surface area is 207 Å². The Morgan fingerprint density at radius 2 is 1.67 bits per heavy atom. The number of piperazine rings is 1. The van der Waals surface area contributed by atoms with E-state index in [2.05, 4.69) is 27.0 Å². The van der Waals surface area contributed by atoms with Gasteiger partial charge in [-0.15, -0.1) is 0 Å². The number of nitrogens with zero attached hydrogens (tertiary/aromatic N) is 3. The summed E-state index contributed by atoms with van der Waals surface area (Å²) in [4.78, 5) is 46.7. The molecule has 1 aliphatic rings. The van der Waals surface area contributed by atoms with Gasteiger partial charge in [-0.25, -0.2) is 4.79 Å². The Bertz CT molecular complexity index is 1460. The molecule has 5 rings (SSSR count). The Balaban J connectivity index is 1.21. The van der Waals surface area contributed by atoms with Crippen LogP contribution in [0.3, 0.4) is 0 Å². The SMILES string of the molecule is CCCn1c(=O)[nH]c(=O)c2[nH]c(-c3ccc(OCC(=O)N4CCN(c5ccccc5)CC4)cc3)cc21. The van der Waals surface area contributed by atoms with Gasteiger partial charge >= 0.3 is 5.69 Å². The number of aromatic amines is 2. The van der Waals surface area contributed by atoms with Crippen LogP contribution in [0.25, 0.3) is 22.3 Å². The number of nitrogens with one attached hydrogen (secondary N) is 2. The average molecular weight is 488 g/mol. The Morgan fingerprint density at radius 1 is 0.944 bits per heavy atom. The lowest BCUT2D eigenvalue weighted by Gasteiger charge is -2.36. The van der Waals surface area contributed by atoms with Crippen LogP contribution in [0.5, 0.6) is 5.75 Å². The van der Waals surface area contributed by atoms with E-state index >= 15 is 0 Å². The maximum Gasteiger partial charge on any atom is 0.328 e. The molecule has 2 aromatic heterocycles. The molecule has 0 saturated carbocycles. The predicted octanol–water partition coefficient (Wildman–Crippen LogP) is 2.82. The van der Waals surface area contributed by atoms with Crippen molar-refractivity contribution < 1.29 is 9.53 Å². The van der Waals surface area contributed by atoms with Gasteiger partial charge in [-0.3, -0.25) is 19.1 Å². The van der Waals surface area contributed by atoms with Gasteiger partial charge in [0.2, 0.25) is 0 Å². The van der Waals surface area contributed by atoms with Crippen molar-refractivity contribution in [3.8, 4) is 17.0 Å². The van der Waals surface area contributed by atoms with Crippen LogP contribution in [-0.2, 0) is 11.3 Å². The molecule has 2 aromatic carbocycles. The Hall–Kier alpha value is -4.27. The van der Waals surface area contributed by atoms with Crippen molar-refractivity contribution in [1.82, 2.24) is 19.4 Å². The summed E-state index contributed by atoms with van der Waals surface area (Å²) in [7, 11) is 0. The topological polar surface area (TPSA) is 103 Å². The van der Waals surface area contributed by atoms with E-state index in [1.54, 1.807) is 16.7 Å². The number of anilines is 1. The van der Waals surface area contributed by atoms with E-state index in [0.29, 0.717) is 36.4 Å². The van der Waals surface area contributed by atoms with Crippen LogP contribution in [0, 0.1) is 0 Å². The van der Waals surface area contributed by atoms with E-state index < -0.39 is 11.2 Å². The standard InChI is InChI=1S/C27H29N5O4/c1-2-12-32-23-17-22(28-25(23)26(34)29-27(32)35)19-8-10-21(11-9-19)36-18-24(33)31-15-13-30(14-16-31)20-6-4-3-5-7-20/h3-11,17,28H,2,12-16,18H2,1H3,(H,29,34,35). The van der Waals surface area contributed by atoms with E-state index in [0.717, 1.165) is 30.8 Å². The lowest BCUT2D eigenvalue weighted by molar-refractivity contribution is -0.133. The van der Waals surface area contributed by atoms with Crippen molar-refractivity contribution in [2.24, 2.45) is 0 Å². The smallest absolute Gasteiger partial charge is 0.328 e. The molecule has 9 nitrogen and oxygen atoms in total. The van der Waals surface area contributed by atoms with Crippen LogP contribution in [0.2, 0.25) is 0 Å². The molecule has 2 N–H and O–H groups in total. The lowest BCUT2D eigenvalue weighted by Crippen LogP contribution is -2.50. The number of para-hydroxylation sites is 1. The molecule has 0 aliphatic carbocycles. The molecule has 0 spiro atoms. The third kappa shape index (κ3) is 4.77. The summed E-state index contributed by atoms with van der Waals surface area (Å²) in [6.45, 7) is 5.40. The number of amides is 1. The molecule has 1 amide bonds. The molecule has 4 aromatic rings. The summed E-state index contributed by atoms with van der Waals surface area (Å²) in [6, 6.07) is 19.3. The normalized spacial score (nSPS) is 13.8. The van der Waals surface area contributed by atoms with Crippen LogP contribution in [0.15, 0.2) is 70.3 Å². The minimum absolute atomic E-state index is 0.0181. The molecule has 1 saturated heterocycles. The van der Waals surface area contributed by atoms with E-state index in [1.807, 2.05) is 48.2 Å². The second kappa shape index (κ2) is 10.2.